The number of aryl methyl sites for hydroxylation is 1. The highest BCUT2D eigenvalue weighted by molar-refractivity contribution is 6.45. The third-order valence-corrected chi connectivity index (χ3v) is 9.83. The Labute approximate surface area is 262 Å². The van der Waals surface area contributed by atoms with Gasteiger partial charge in [0.05, 0.1) is 23.8 Å². The van der Waals surface area contributed by atoms with Gasteiger partial charge >= 0.3 is 0 Å². The van der Waals surface area contributed by atoms with Crippen molar-refractivity contribution in [1.82, 2.24) is 19.3 Å². The first kappa shape index (κ1) is 30.8. The molecule has 6 rings (SSSR count). The van der Waals surface area contributed by atoms with Gasteiger partial charge in [0.25, 0.3) is 17.6 Å². The molecule has 1 unspecified atom stereocenters. The first-order valence-electron chi connectivity index (χ1n) is 15.8. The second-order valence-electron chi connectivity index (χ2n) is 13.7. The van der Waals surface area contributed by atoms with Crippen LogP contribution in [0.3, 0.4) is 0 Å². The largest absolute Gasteiger partial charge is 0.496 e. The number of fused-ring (bicyclic) bond motifs is 2. The highest BCUT2D eigenvalue weighted by atomic mass is 19.1. The number of hydrogen-bond donors (Lipinski definition) is 0. The SMILES string of the molecule is COc1cc2c(cc1C(=O)N1CCC(Cc3ccc(F)cc3)CC1)c(C(=O)C(=O)N1CCN3C(=O)CC(C)(C)CC3C1)cn2C. The smallest absolute Gasteiger partial charge is 0.295 e. The van der Waals surface area contributed by atoms with Crippen LogP contribution in [0.2, 0.25) is 0 Å². The molecule has 0 saturated carbocycles. The lowest BCUT2D eigenvalue weighted by molar-refractivity contribution is -0.148. The maximum atomic E-state index is 13.8. The standard InChI is InChI=1S/C35H41FN4O5/c1-35(2)18-25-20-39(13-14-40(25)31(41)19-35)34(44)32(42)28-21-37(3)29-17-30(45-4)27(16-26(28)29)33(43)38-11-9-23(10-12-38)15-22-5-7-24(36)8-6-22/h5-8,16-17,21,23,25H,9-15,18-20H2,1-4H3. The number of rotatable bonds is 6. The fourth-order valence-corrected chi connectivity index (χ4v) is 7.41. The number of nitrogens with zero attached hydrogens (tertiary/aromatic N) is 4. The number of amides is 3. The Hall–Kier alpha value is -4.21. The Kier molecular flexibility index (Phi) is 8.18. The van der Waals surface area contributed by atoms with Crippen molar-refractivity contribution >= 4 is 34.4 Å². The summed E-state index contributed by atoms with van der Waals surface area (Å²) in [5.74, 6) is -0.733. The van der Waals surface area contributed by atoms with Crippen LogP contribution in [0.4, 0.5) is 4.39 Å². The molecule has 3 fully saturated rings. The van der Waals surface area contributed by atoms with E-state index in [-0.39, 0.29) is 34.7 Å². The van der Waals surface area contributed by atoms with Crippen LogP contribution < -0.4 is 4.74 Å². The number of carbonyl (C=O) groups excluding carboxylic acids is 4. The summed E-state index contributed by atoms with van der Waals surface area (Å²) in [7, 11) is 3.31. The van der Waals surface area contributed by atoms with Gasteiger partial charge < -0.3 is 24.0 Å². The second kappa shape index (κ2) is 11.9. The third kappa shape index (κ3) is 6.07. The lowest BCUT2D eigenvalue weighted by Crippen LogP contribution is -2.61. The van der Waals surface area contributed by atoms with E-state index in [1.807, 2.05) is 21.9 Å². The molecule has 3 aliphatic heterocycles. The van der Waals surface area contributed by atoms with Crippen LogP contribution in [-0.4, -0.2) is 88.6 Å². The molecule has 3 aliphatic rings. The zero-order valence-electron chi connectivity index (χ0n) is 26.5. The highest BCUT2D eigenvalue weighted by Gasteiger charge is 2.43. The number of carbonyl (C=O) groups is 4. The topological polar surface area (TPSA) is 92.2 Å². The quantitative estimate of drug-likeness (QED) is 0.301. The van der Waals surface area contributed by atoms with Gasteiger partial charge in [-0.05, 0) is 60.8 Å². The number of aromatic nitrogens is 1. The van der Waals surface area contributed by atoms with Gasteiger partial charge in [-0.25, -0.2) is 4.39 Å². The fourth-order valence-electron chi connectivity index (χ4n) is 7.41. The van der Waals surface area contributed by atoms with Gasteiger partial charge in [0.2, 0.25) is 5.91 Å². The van der Waals surface area contributed by atoms with Crippen molar-refractivity contribution in [3.63, 3.8) is 0 Å². The Balaban J connectivity index is 1.19. The number of hydrogen-bond acceptors (Lipinski definition) is 5. The van der Waals surface area contributed by atoms with Crippen LogP contribution in [0, 0.1) is 17.2 Å². The number of benzene rings is 2. The van der Waals surface area contributed by atoms with Gasteiger partial charge in [-0.2, -0.15) is 0 Å². The molecule has 1 aromatic heterocycles. The van der Waals surface area contributed by atoms with Crippen LogP contribution in [-0.2, 0) is 23.1 Å². The lowest BCUT2D eigenvalue weighted by atomic mass is 9.77. The Morgan fingerprint density at radius 1 is 0.978 bits per heavy atom. The maximum Gasteiger partial charge on any atom is 0.295 e. The van der Waals surface area contributed by atoms with E-state index in [1.54, 1.807) is 34.8 Å². The fraction of sp³-hybridized carbons (Fsp3) is 0.486. The summed E-state index contributed by atoms with van der Waals surface area (Å²) >= 11 is 0. The van der Waals surface area contributed by atoms with Crippen molar-refractivity contribution < 1.29 is 28.3 Å². The average Bonchev–Trinajstić information content (AvgIpc) is 3.34. The molecule has 0 radical (unpaired) electrons. The Morgan fingerprint density at radius 2 is 1.69 bits per heavy atom. The van der Waals surface area contributed by atoms with Gasteiger partial charge in [0.1, 0.15) is 11.6 Å². The van der Waals surface area contributed by atoms with Gasteiger partial charge in [-0.3, -0.25) is 19.2 Å². The van der Waals surface area contributed by atoms with Crippen LogP contribution >= 0.6 is 0 Å². The molecule has 10 heteroatoms. The molecule has 1 atom stereocenters. The third-order valence-electron chi connectivity index (χ3n) is 9.83. The molecule has 3 amide bonds. The summed E-state index contributed by atoms with van der Waals surface area (Å²) in [6.07, 6.45) is 5.40. The molecule has 2 aromatic carbocycles. The number of likely N-dealkylation sites (tertiary alicyclic amines) is 1. The minimum atomic E-state index is -0.624. The molecule has 9 nitrogen and oxygen atoms in total. The molecule has 238 valence electrons. The predicted octanol–water partition coefficient (Wildman–Crippen LogP) is 4.46. The number of piperazine rings is 1. The van der Waals surface area contributed by atoms with Gasteiger partial charge in [0, 0.05) is 69.9 Å². The van der Waals surface area contributed by atoms with Gasteiger partial charge in [-0.15, -0.1) is 0 Å². The zero-order chi connectivity index (χ0) is 32.0. The minimum Gasteiger partial charge on any atom is -0.496 e. The lowest BCUT2D eigenvalue weighted by Gasteiger charge is -2.48. The molecule has 3 saturated heterocycles. The van der Waals surface area contributed by atoms with E-state index >= 15 is 0 Å². The van der Waals surface area contributed by atoms with Crippen molar-refractivity contribution in [2.24, 2.45) is 18.4 Å². The van der Waals surface area contributed by atoms with Gasteiger partial charge in [-0.1, -0.05) is 26.0 Å². The first-order valence-corrected chi connectivity index (χ1v) is 15.8. The summed E-state index contributed by atoms with van der Waals surface area (Å²) in [5, 5.41) is 0.527. The molecule has 0 aliphatic carbocycles. The average molecular weight is 617 g/mol. The predicted molar refractivity (Wildman–Crippen MR) is 168 cm³/mol. The summed E-state index contributed by atoms with van der Waals surface area (Å²) in [6, 6.07) is 9.91. The van der Waals surface area contributed by atoms with E-state index in [0.717, 1.165) is 31.2 Å². The summed E-state index contributed by atoms with van der Waals surface area (Å²) in [6.45, 7) is 6.35. The normalized spacial score (nSPS) is 20.3. The minimum absolute atomic E-state index is 0.104. The van der Waals surface area contributed by atoms with Crippen LogP contribution in [0.25, 0.3) is 10.9 Å². The van der Waals surface area contributed by atoms with Crippen molar-refractivity contribution in [2.75, 3.05) is 39.8 Å². The number of Topliss-reactive ketones (excluding diaryl/α,β-unsaturated/α-hetero) is 1. The first-order chi connectivity index (χ1) is 21.4. The molecule has 0 N–H and O–H groups in total. The molecule has 45 heavy (non-hydrogen) atoms. The van der Waals surface area contributed by atoms with E-state index in [2.05, 4.69) is 13.8 Å². The summed E-state index contributed by atoms with van der Waals surface area (Å²) < 4.78 is 20.7. The van der Waals surface area contributed by atoms with E-state index in [4.69, 9.17) is 4.74 Å². The monoisotopic (exact) mass is 616 g/mol. The van der Waals surface area contributed by atoms with Crippen LogP contribution in [0.1, 0.15) is 65.8 Å². The van der Waals surface area contributed by atoms with Crippen molar-refractivity contribution in [2.45, 2.75) is 52.0 Å². The number of methoxy groups -OCH3 is 1. The van der Waals surface area contributed by atoms with E-state index in [9.17, 15) is 23.6 Å². The molecular weight excluding hydrogens is 575 g/mol. The van der Waals surface area contributed by atoms with E-state index < -0.39 is 11.7 Å². The number of ketones is 1. The number of piperidine rings is 2. The summed E-state index contributed by atoms with van der Waals surface area (Å²) in [4.78, 5) is 59.0. The van der Waals surface area contributed by atoms with Crippen molar-refractivity contribution in [1.29, 1.82) is 0 Å². The van der Waals surface area contributed by atoms with E-state index in [0.29, 0.717) is 67.3 Å². The van der Waals surface area contributed by atoms with Crippen LogP contribution in [0.5, 0.6) is 5.75 Å². The maximum absolute atomic E-state index is 13.8. The second-order valence-corrected chi connectivity index (χ2v) is 13.7. The zero-order valence-corrected chi connectivity index (χ0v) is 26.5. The Morgan fingerprint density at radius 3 is 2.38 bits per heavy atom. The molecule has 4 heterocycles. The highest BCUT2D eigenvalue weighted by Crippen LogP contribution is 2.37. The summed E-state index contributed by atoms with van der Waals surface area (Å²) in [5.41, 5.74) is 2.22. The molecule has 0 bridgehead atoms. The molecule has 0 spiro atoms. The van der Waals surface area contributed by atoms with E-state index in [1.165, 1.54) is 19.2 Å². The number of ether oxygens (including phenoxy) is 1. The number of halogens is 1. The van der Waals surface area contributed by atoms with Crippen molar-refractivity contribution in [3.8, 4) is 5.75 Å². The molecule has 3 aromatic rings. The van der Waals surface area contributed by atoms with Gasteiger partial charge in [0.15, 0.2) is 0 Å². The van der Waals surface area contributed by atoms with Crippen molar-refractivity contribution in [3.05, 3.63) is 65.1 Å². The van der Waals surface area contributed by atoms with Crippen LogP contribution in [0.15, 0.2) is 42.6 Å². The molecular formula is C35H41FN4O5. The Bertz CT molecular complexity index is 1650.